The van der Waals surface area contributed by atoms with Gasteiger partial charge in [0.05, 0.1) is 6.61 Å². The highest BCUT2D eigenvalue weighted by atomic mass is 16.5. The molecule has 0 bridgehead atoms. The van der Waals surface area contributed by atoms with Crippen molar-refractivity contribution in [2.45, 2.75) is 46.5 Å². The summed E-state index contributed by atoms with van der Waals surface area (Å²) in [6.07, 6.45) is 4.38. The van der Waals surface area contributed by atoms with Crippen molar-refractivity contribution in [3.63, 3.8) is 0 Å². The third kappa shape index (κ3) is 5.06. The fourth-order valence-electron chi connectivity index (χ4n) is 3.15. The summed E-state index contributed by atoms with van der Waals surface area (Å²) in [6.45, 7) is 9.32. The summed E-state index contributed by atoms with van der Waals surface area (Å²) in [7, 11) is 1.67. The zero-order valence-corrected chi connectivity index (χ0v) is 13.7. The van der Waals surface area contributed by atoms with E-state index in [1.807, 2.05) is 4.90 Å². The van der Waals surface area contributed by atoms with Crippen LogP contribution in [0.5, 0.6) is 0 Å². The van der Waals surface area contributed by atoms with Crippen LogP contribution in [-0.4, -0.2) is 44.2 Å². The van der Waals surface area contributed by atoms with Crippen LogP contribution in [0, 0.1) is 17.3 Å². The molecule has 0 saturated heterocycles. The van der Waals surface area contributed by atoms with Crippen LogP contribution in [0.15, 0.2) is 0 Å². The molecule has 1 rings (SSSR count). The van der Waals surface area contributed by atoms with Gasteiger partial charge >= 0.3 is 0 Å². The first-order valence-electron chi connectivity index (χ1n) is 7.88. The largest absolute Gasteiger partial charge is 0.383 e. The number of hydrogen-bond donors (Lipinski definition) is 1. The zero-order chi connectivity index (χ0) is 15.2. The van der Waals surface area contributed by atoms with Crippen LogP contribution in [0.2, 0.25) is 0 Å². The van der Waals surface area contributed by atoms with Gasteiger partial charge in [-0.1, -0.05) is 20.8 Å². The monoisotopic (exact) mass is 284 g/mol. The number of nitrogens with zero attached hydrogens (tertiary/aromatic N) is 1. The Balaban J connectivity index is 2.51. The van der Waals surface area contributed by atoms with Gasteiger partial charge in [-0.15, -0.1) is 0 Å². The number of hydrogen-bond acceptors (Lipinski definition) is 3. The minimum absolute atomic E-state index is 0.192. The molecule has 2 N–H and O–H groups in total. The quantitative estimate of drug-likeness (QED) is 0.814. The molecule has 4 heteroatoms. The second-order valence-corrected chi connectivity index (χ2v) is 7.02. The van der Waals surface area contributed by atoms with Crippen LogP contribution in [0.4, 0.5) is 0 Å². The maximum absolute atomic E-state index is 12.6. The first kappa shape index (κ1) is 17.4. The molecule has 0 aromatic rings. The van der Waals surface area contributed by atoms with Gasteiger partial charge < -0.3 is 15.4 Å². The predicted molar refractivity (Wildman–Crippen MR) is 82.4 cm³/mol. The van der Waals surface area contributed by atoms with Gasteiger partial charge in [0.25, 0.3) is 0 Å². The van der Waals surface area contributed by atoms with E-state index in [1.165, 1.54) is 12.8 Å². The van der Waals surface area contributed by atoms with Gasteiger partial charge in [-0.3, -0.25) is 4.79 Å². The number of rotatable bonds is 6. The summed E-state index contributed by atoms with van der Waals surface area (Å²) in [6, 6.07) is 0. The maximum Gasteiger partial charge on any atom is 0.225 e. The average Bonchev–Trinajstić information content (AvgIpc) is 2.42. The molecular weight excluding hydrogens is 252 g/mol. The highest BCUT2D eigenvalue weighted by Gasteiger charge is 2.33. The SMILES string of the molecule is COCCN(CCN)C(=O)C1CCC(C(C)(C)C)CC1. The molecule has 0 aliphatic heterocycles. The lowest BCUT2D eigenvalue weighted by atomic mass is 9.69. The van der Waals surface area contributed by atoms with Crippen molar-refractivity contribution in [3.05, 3.63) is 0 Å². The highest BCUT2D eigenvalue weighted by molar-refractivity contribution is 5.79. The minimum Gasteiger partial charge on any atom is -0.383 e. The van der Waals surface area contributed by atoms with Crippen molar-refractivity contribution in [1.29, 1.82) is 0 Å². The number of methoxy groups -OCH3 is 1. The molecule has 0 unspecified atom stereocenters. The standard InChI is InChI=1S/C16H32N2O2/c1-16(2,3)14-7-5-13(6-8-14)15(19)18(10-9-17)11-12-20-4/h13-14H,5-12,17H2,1-4H3. The van der Waals surface area contributed by atoms with E-state index >= 15 is 0 Å². The van der Waals surface area contributed by atoms with Crippen LogP contribution < -0.4 is 5.73 Å². The molecule has 1 fully saturated rings. The van der Waals surface area contributed by atoms with Gasteiger partial charge in [0, 0.05) is 32.7 Å². The molecule has 1 aliphatic carbocycles. The summed E-state index contributed by atoms with van der Waals surface area (Å²) in [5, 5.41) is 0. The van der Waals surface area contributed by atoms with E-state index in [9.17, 15) is 4.79 Å². The predicted octanol–water partition coefficient (Wildman–Crippen LogP) is 2.27. The van der Waals surface area contributed by atoms with Crippen molar-refractivity contribution in [2.75, 3.05) is 33.4 Å². The summed E-state index contributed by atoms with van der Waals surface area (Å²) in [5.74, 6) is 1.21. The van der Waals surface area contributed by atoms with Crippen LogP contribution >= 0.6 is 0 Å². The highest BCUT2D eigenvalue weighted by Crippen LogP contribution is 2.40. The Morgan fingerprint density at radius 1 is 1.20 bits per heavy atom. The maximum atomic E-state index is 12.6. The fourth-order valence-corrected chi connectivity index (χ4v) is 3.15. The van der Waals surface area contributed by atoms with Crippen LogP contribution in [0.25, 0.3) is 0 Å². The normalized spacial score (nSPS) is 23.6. The molecule has 0 spiro atoms. The molecule has 0 heterocycles. The van der Waals surface area contributed by atoms with E-state index in [0.29, 0.717) is 31.7 Å². The third-order valence-electron chi connectivity index (χ3n) is 4.58. The number of nitrogens with two attached hydrogens (primary N) is 1. The van der Waals surface area contributed by atoms with Crippen LogP contribution in [-0.2, 0) is 9.53 Å². The number of amides is 1. The smallest absolute Gasteiger partial charge is 0.225 e. The molecule has 0 atom stereocenters. The Hall–Kier alpha value is -0.610. The molecule has 0 radical (unpaired) electrons. The third-order valence-corrected chi connectivity index (χ3v) is 4.58. The first-order chi connectivity index (χ1) is 9.40. The van der Waals surface area contributed by atoms with E-state index < -0.39 is 0 Å². The first-order valence-corrected chi connectivity index (χ1v) is 7.88. The van der Waals surface area contributed by atoms with Crippen LogP contribution in [0.3, 0.4) is 0 Å². The van der Waals surface area contributed by atoms with E-state index in [1.54, 1.807) is 7.11 Å². The van der Waals surface area contributed by atoms with E-state index in [4.69, 9.17) is 10.5 Å². The van der Waals surface area contributed by atoms with Gasteiger partial charge in [0.15, 0.2) is 0 Å². The molecular formula is C16H32N2O2. The molecule has 20 heavy (non-hydrogen) atoms. The molecule has 0 aromatic heterocycles. The van der Waals surface area contributed by atoms with Crippen molar-refractivity contribution >= 4 is 5.91 Å². The Morgan fingerprint density at radius 3 is 2.25 bits per heavy atom. The summed E-state index contributed by atoms with van der Waals surface area (Å²) >= 11 is 0. The van der Waals surface area contributed by atoms with E-state index in [2.05, 4.69) is 20.8 Å². The molecule has 118 valence electrons. The van der Waals surface area contributed by atoms with Crippen molar-refractivity contribution in [3.8, 4) is 0 Å². The Kier molecular flexibility index (Phi) is 6.96. The molecule has 4 nitrogen and oxygen atoms in total. The van der Waals surface area contributed by atoms with Crippen molar-refractivity contribution in [2.24, 2.45) is 23.0 Å². The van der Waals surface area contributed by atoms with Crippen molar-refractivity contribution < 1.29 is 9.53 Å². The Bertz CT molecular complexity index is 291. The average molecular weight is 284 g/mol. The molecule has 1 aliphatic rings. The van der Waals surface area contributed by atoms with Crippen LogP contribution in [0.1, 0.15) is 46.5 Å². The number of carbonyl (C=O) groups excluding carboxylic acids is 1. The second kappa shape index (κ2) is 7.99. The van der Waals surface area contributed by atoms with Gasteiger partial charge in [-0.25, -0.2) is 0 Å². The summed E-state index contributed by atoms with van der Waals surface area (Å²) < 4.78 is 5.08. The Labute approximate surface area is 124 Å². The molecule has 1 saturated carbocycles. The lowest BCUT2D eigenvalue weighted by Crippen LogP contribution is -2.42. The zero-order valence-electron chi connectivity index (χ0n) is 13.7. The molecule has 0 aromatic carbocycles. The fraction of sp³-hybridized carbons (Fsp3) is 0.938. The summed E-state index contributed by atoms with van der Waals surface area (Å²) in [5.41, 5.74) is 5.98. The van der Waals surface area contributed by atoms with Gasteiger partial charge in [0.2, 0.25) is 5.91 Å². The van der Waals surface area contributed by atoms with Crippen molar-refractivity contribution in [1.82, 2.24) is 4.90 Å². The lowest BCUT2D eigenvalue weighted by molar-refractivity contribution is -0.137. The topological polar surface area (TPSA) is 55.6 Å². The van der Waals surface area contributed by atoms with E-state index in [-0.39, 0.29) is 11.8 Å². The molecule has 1 amide bonds. The van der Waals surface area contributed by atoms with E-state index in [0.717, 1.165) is 18.8 Å². The minimum atomic E-state index is 0.192. The Morgan fingerprint density at radius 2 is 1.80 bits per heavy atom. The van der Waals surface area contributed by atoms with Gasteiger partial charge in [-0.05, 0) is 37.0 Å². The van der Waals surface area contributed by atoms with Gasteiger partial charge in [0.1, 0.15) is 0 Å². The lowest BCUT2D eigenvalue weighted by Gasteiger charge is -2.38. The van der Waals surface area contributed by atoms with Gasteiger partial charge in [-0.2, -0.15) is 0 Å². The number of ether oxygens (including phenoxy) is 1. The second-order valence-electron chi connectivity index (χ2n) is 7.02. The summed E-state index contributed by atoms with van der Waals surface area (Å²) in [4.78, 5) is 14.4. The number of carbonyl (C=O) groups is 1.